The number of hydrogen-bond acceptors (Lipinski definition) is 1. The molecule has 118 valence electrons. The molecule has 1 fully saturated rings. The molecule has 0 radical (unpaired) electrons. The van der Waals surface area contributed by atoms with Crippen LogP contribution in [-0.4, -0.2) is 6.54 Å². The quantitative estimate of drug-likeness (QED) is 0.800. The fraction of sp³-hybridized carbons (Fsp3) is 0.571. The van der Waals surface area contributed by atoms with Crippen LogP contribution in [0, 0.1) is 0 Å². The van der Waals surface area contributed by atoms with Crippen molar-refractivity contribution in [2.45, 2.75) is 43.5 Å². The Balaban J connectivity index is 2.60. The lowest BCUT2D eigenvalue weighted by molar-refractivity contribution is -0.143. The van der Waals surface area contributed by atoms with Gasteiger partial charge < -0.3 is 5.73 Å². The molecule has 0 unspecified atom stereocenters. The first kappa shape index (κ1) is 16.1. The van der Waals surface area contributed by atoms with Gasteiger partial charge in [0.15, 0.2) is 0 Å². The molecule has 0 bridgehead atoms. The first-order valence-electron chi connectivity index (χ1n) is 6.58. The molecule has 0 saturated heterocycles. The fourth-order valence-electron chi connectivity index (χ4n) is 2.92. The maximum atomic E-state index is 12.9. The largest absolute Gasteiger partial charge is 0.416 e. The van der Waals surface area contributed by atoms with Gasteiger partial charge in [-0.3, -0.25) is 0 Å². The number of alkyl halides is 6. The van der Waals surface area contributed by atoms with Crippen LogP contribution in [0.15, 0.2) is 18.2 Å². The molecule has 0 spiro atoms. The number of benzene rings is 1. The lowest BCUT2D eigenvalue weighted by Crippen LogP contribution is -2.32. The topological polar surface area (TPSA) is 26.0 Å². The Hall–Kier alpha value is -1.24. The van der Waals surface area contributed by atoms with Gasteiger partial charge in [0.25, 0.3) is 0 Å². The van der Waals surface area contributed by atoms with E-state index in [0.717, 1.165) is 25.0 Å². The van der Waals surface area contributed by atoms with Crippen LogP contribution in [0.3, 0.4) is 0 Å². The summed E-state index contributed by atoms with van der Waals surface area (Å²) in [5.74, 6) is 0. The first-order chi connectivity index (χ1) is 9.58. The third-order valence-electron chi connectivity index (χ3n) is 4.15. The van der Waals surface area contributed by atoms with E-state index in [9.17, 15) is 26.3 Å². The van der Waals surface area contributed by atoms with Gasteiger partial charge in [0, 0.05) is 12.0 Å². The van der Waals surface area contributed by atoms with E-state index in [4.69, 9.17) is 5.73 Å². The molecule has 0 heterocycles. The van der Waals surface area contributed by atoms with Crippen LogP contribution in [-0.2, 0) is 17.8 Å². The minimum atomic E-state index is -4.82. The van der Waals surface area contributed by atoms with Crippen LogP contribution in [0.1, 0.15) is 42.4 Å². The van der Waals surface area contributed by atoms with Gasteiger partial charge in [0.2, 0.25) is 0 Å². The third kappa shape index (κ3) is 3.17. The van der Waals surface area contributed by atoms with Gasteiger partial charge in [-0.1, -0.05) is 12.8 Å². The van der Waals surface area contributed by atoms with Crippen LogP contribution in [0.5, 0.6) is 0 Å². The van der Waals surface area contributed by atoms with E-state index < -0.39 is 28.9 Å². The van der Waals surface area contributed by atoms with E-state index in [-0.39, 0.29) is 18.2 Å². The van der Waals surface area contributed by atoms with Gasteiger partial charge >= 0.3 is 12.4 Å². The second-order valence-corrected chi connectivity index (χ2v) is 5.49. The SMILES string of the molecule is NCC1(c2cc(C(F)(F)F)cc(C(F)(F)F)c2)CCCC1. The van der Waals surface area contributed by atoms with E-state index in [1.807, 2.05) is 0 Å². The monoisotopic (exact) mass is 311 g/mol. The van der Waals surface area contributed by atoms with Crippen LogP contribution in [0.25, 0.3) is 0 Å². The van der Waals surface area contributed by atoms with Crippen LogP contribution in [0.4, 0.5) is 26.3 Å². The Morgan fingerprint density at radius 2 is 1.29 bits per heavy atom. The van der Waals surface area contributed by atoms with Gasteiger partial charge in [-0.25, -0.2) is 0 Å². The molecule has 7 heteroatoms. The third-order valence-corrected chi connectivity index (χ3v) is 4.15. The molecule has 0 aromatic heterocycles. The van der Waals surface area contributed by atoms with Crippen molar-refractivity contribution in [3.05, 3.63) is 34.9 Å². The predicted octanol–water partition coefficient (Wildman–Crippen LogP) is 4.49. The molecule has 21 heavy (non-hydrogen) atoms. The average Bonchev–Trinajstić information content (AvgIpc) is 2.86. The maximum absolute atomic E-state index is 12.9. The van der Waals surface area contributed by atoms with E-state index in [0.29, 0.717) is 12.8 Å². The highest BCUT2D eigenvalue weighted by Gasteiger charge is 2.41. The summed E-state index contributed by atoms with van der Waals surface area (Å²) in [5.41, 5.74) is 2.38. The normalized spacial score (nSPS) is 19.0. The van der Waals surface area contributed by atoms with Crippen molar-refractivity contribution >= 4 is 0 Å². The van der Waals surface area contributed by atoms with Gasteiger partial charge in [0.1, 0.15) is 0 Å². The maximum Gasteiger partial charge on any atom is 0.416 e. The summed E-state index contributed by atoms with van der Waals surface area (Å²) in [6.07, 6.45) is -7.08. The molecule has 2 N–H and O–H groups in total. The summed E-state index contributed by atoms with van der Waals surface area (Å²) < 4.78 is 77.1. The van der Waals surface area contributed by atoms with E-state index in [2.05, 4.69) is 0 Å². The van der Waals surface area contributed by atoms with Crippen molar-refractivity contribution in [1.29, 1.82) is 0 Å². The molecule has 0 aliphatic heterocycles. The second kappa shape index (κ2) is 5.19. The standard InChI is InChI=1S/C14H15F6N/c15-13(16,17)10-5-9(6-11(7-10)14(18,19)20)12(8-21)3-1-2-4-12/h5-7H,1-4,8,21H2. The summed E-state index contributed by atoms with van der Waals surface area (Å²) in [4.78, 5) is 0. The Bertz CT molecular complexity index is 479. The van der Waals surface area contributed by atoms with E-state index in [1.165, 1.54) is 0 Å². The molecule has 1 aromatic carbocycles. The summed E-state index contributed by atoms with van der Waals surface area (Å²) in [5, 5.41) is 0. The van der Waals surface area contributed by atoms with Crippen LogP contribution < -0.4 is 5.73 Å². The van der Waals surface area contributed by atoms with Gasteiger partial charge in [-0.15, -0.1) is 0 Å². The highest BCUT2D eigenvalue weighted by Crippen LogP contribution is 2.44. The van der Waals surface area contributed by atoms with Crippen molar-refractivity contribution in [3.8, 4) is 0 Å². The molecular weight excluding hydrogens is 296 g/mol. The number of hydrogen-bond donors (Lipinski definition) is 1. The summed E-state index contributed by atoms with van der Waals surface area (Å²) in [6.45, 7) is 0.0472. The molecule has 0 atom stereocenters. The lowest BCUT2D eigenvalue weighted by Gasteiger charge is -2.29. The Morgan fingerprint density at radius 1 is 0.857 bits per heavy atom. The highest BCUT2D eigenvalue weighted by atomic mass is 19.4. The van der Waals surface area contributed by atoms with E-state index >= 15 is 0 Å². The molecule has 1 aliphatic carbocycles. The zero-order valence-electron chi connectivity index (χ0n) is 11.1. The molecule has 2 rings (SSSR count). The minimum absolute atomic E-state index is 0.0460. The molecule has 1 saturated carbocycles. The smallest absolute Gasteiger partial charge is 0.330 e. The summed E-state index contributed by atoms with van der Waals surface area (Å²) in [6, 6.07) is 1.78. The average molecular weight is 311 g/mol. The lowest BCUT2D eigenvalue weighted by atomic mass is 9.77. The Morgan fingerprint density at radius 3 is 1.62 bits per heavy atom. The Labute approximate surface area is 118 Å². The predicted molar refractivity (Wildman–Crippen MR) is 65.6 cm³/mol. The zero-order valence-corrected chi connectivity index (χ0v) is 11.1. The molecule has 1 aromatic rings. The molecular formula is C14H15F6N. The summed E-state index contributed by atoms with van der Waals surface area (Å²) >= 11 is 0. The molecule has 1 aliphatic rings. The fourth-order valence-corrected chi connectivity index (χ4v) is 2.92. The van der Waals surface area contributed by atoms with Crippen molar-refractivity contribution in [2.24, 2.45) is 5.73 Å². The highest BCUT2D eigenvalue weighted by molar-refractivity contribution is 5.38. The van der Waals surface area contributed by atoms with Crippen molar-refractivity contribution in [1.82, 2.24) is 0 Å². The first-order valence-corrected chi connectivity index (χ1v) is 6.58. The van der Waals surface area contributed by atoms with E-state index in [1.54, 1.807) is 0 Å². The summed E-state index contributed by atoms with van der Waals surface area (Å²) in [7, 11) is 0. The van der Waals surface area contributed by atoms with Crippen molar-refractivity contribution < 1.29 is 26.3 Å². The number of rotatable bonds is 2. The molecule has 1 nitrogen and oxygen atoms in total. The second-order valence-electron chi connectivity index (χ2n) is 5.49. The van der Waals surface area contributed by atoms with Crippen LogP contribution >= 0.6 is 0 Å². The number of halogens is 6. The van der Waals surface area contributed by atoms with Crippen molar-refractivity contribution in [3.63, 3.8) is 0 Å². The number of nitrogens with two attached hydrogens (primary N) is 1. The zero-order chi connectivity index (χ0) is 15.9. The Kier molecular flexibility index (Phi) is 3.99. The molecule has 0 amide bonds. The van der Waals surface area contributed by atoms with Crippen LogP contribution in [0.2, 0.25) is 0 Å². The van der Waals surface area contributed by atoms with Gasteiger partial charge in [0.05, 0.1) is 11.1 Å². The van der Waals surface area contributed by atoms with Crippen molar-refractivity contribution in [2.75, 3.05) is 6.54 Å². The van der Waals surface area contributed by atoms with Gasteiger partial charge in [-0.2, -0.15) is 26.3 Å². The minimum Gasteiger partial charge on any atom is -0.330 e. The van der Waals surface area contributed by atoms with Gasteiger partial charge in [-0.05, 0) is 36.6 Å².